The monoisotopic (exact) mass is 363 g/mol. The molecule has 0 radical (unpaired) electrons. The van der Waals surface area contributed by atoms with E-state index in [4.69, 9.17) is 0 Å². The first-order valence-electron chi connectivity index (χ1n) is 9.75. The highest BCUT2D eigenvalue weighted by atomic mass is 32.2. The first-order chi connectivity index (χ1) is 12.8. The van der Waals surface area contributed by atoms with Crippen molar-refractivity contribution in [3.05, 3.63) is 60.7 Å². The van der Waals surface area contributed by atoms with Gasteiger partial charge in [-0.2, -0.15) is 0 Å². The zero-order valence-electron chi connectivity index (χ0n) is 15.8. The molecule has 136 valence electrons. The first-order valence-corrected chi connectivity index (χ1v) is 10.6. The Kier molecular flexibility index (Phi) is 6.62. The Balaban J connectivity index is 1.85. The van der Waals surface area contributed by atoms with E-state index in [2.05, 4.69) is 61.4 Å². The molecule has 0 atom stereocenters. The van der Waals surface area contributed by atoms with Gasteiger partial charge in [-0.05, 0) is 35.7 Å². The minimum Gasteiger partial charge on any atom is -0.340 e. The van der Waals surface area contributed by atoms with Crippen molar-refractivity contribution in [2.75, 3.05) is 11.4 Å². The second-order valence-corrected chi connectivity index (χ2v) is 7.90. The van der Waals surface area contributed by atoms with Crippen molar-refractivity contribution in [3.63, 3.8) is 0 Å². The number of nitrogens with zero attached hydrogens (tertiary/aromatic N) is 1. The second-order valence-electron chi connectivity index (χ2n) is 6.85. The fourth-order valence-electron chi connectivity index (χ4n) is 3.52. The highest BCUT2D eigenvalue weighted by Gasteiger charge is 2.24. The van der Waals surface area contributed by atoms with Crippen LogP contribution >= 0.6 is 11.8 Å². The summed E-state index contributed by atoms with van der Waals surface area (Å²) in [5.41, 5.74) is 5.04. The quantitative estimate of drug-likeness (QED) is 0.416. The largest absolute Gasteiger partial charge is 0.340 e. The molecule has 0 saturated heterocycles. The van der Waals surface area contributed by atoms with Gasteiger partial charge in [0.2, 0.25) is 0 Å². The van der Waals surface area contributed by atoms with Crippen molar-refractivity contribution in [2.45, 2.75) is 55.2 Å². The van der Waals surface area contributed by atoms with Crippen molar-refractivity contribution in [3.8, 4) is 0 Å². The third-order valence-corrected chi connectivity index (χ3v) is 6.19. The van der Waals surface area contributed by atoms with Crippen molar-refractivity contribution in [1.82, 2.24) is 0 Å². The maximum absolute atomic E-state index is 4.01. The van der Waals surface area contributed by atoms with Crippen LogP contribution in [-0.4, -0.2) is 6.54 Å². The molecule has 0 saturated carbocycles. The molecule has 1 nitrogen and oxygen atoms in total. The molecule has 1 aliphatic rings. The molecule has 0 fully saturated rings. The lowest BCUT2D eigenvalue weighted by Gasteiger charge is -2.34. The zero-order valence-corrected chi connectivity index (χ0v) is 16.7. The molecule has 2 heteroatoms. The van der Waals surface area contributed by atoms with Crippen LogP contribution in [0.3, 0.4) is 0 Å². The minimum atomic E-state index is 1.07. The minimum absolute atomic E-state index is 1.07. The maximum Gasteiger partial charge on any atom is 0.0558 e. The van der Waals surface area contributed by atoms with Gasteiger partial charge >= 0.3 is 0 Å². The topological polar surface area (TPSA) is 3.24 Å². The number of anilines is 2. The summed E-state index contributed by atoms with van der Waals surface area (Å²) in [6.07, 6.45) is 11.8. The highest BCUT2D eigenvalue weighted by molar-refractivity contribution is 7.99. The Labute approximate surface area is 162 Å². The predicted octanol–water partition coefficient (Wildman–Crippen LogP) is 7.94. The third kappa shape index (κ3) is 4.07. The van der Waals surface area contributed by atoms with E-state index in [1.54, 1.807) is 0 Å². The normalized spacial score (nSPS) is 12.4. The lowest BCUT2D eigenvalue weighted by Crippen LogP contribution is -2.22. The van der Waals surface area contributed by atoms with E-state index in [-0.39, 0.29) is 0 Å². The Morgan fingerprint density at radius 2 is 1.73 bits per heavy atom. The summed E-state index contributed by atoms with van der Waals surface area (Å²) in [5, 5.41) is 0. The van der Waals surface area contributed by atoms with Crippen LogP contribution in [0.2, 0.25) is 0 Å². The molecule has 0 N–H and O–H groups in total. The van der Waals surface area contributed by atoms with Crippen molar-refractivity contribution < 1.29 is 0 Å². The van der Waals surface area contributed by atoms with Crippen LogP contribution in [0.4, 0.5) is 11.4 Å². The van der Waals surface area contributed by atoms with Gasteiger partial charge < -0.3 is 4.90 Å². The molecule has 0 aliphatic carbocycles. The van der Waals surface area contributed by atoms with Crippen LogP contribution in [0.1, 0.15) is 56.6 Å². The lowest BCUT2D eigenvalue weighted by atomic mass is 10.1. The number of fused-ring (bicyclic) bond motifs is 2. The standard InChI is InChI=1S/C24H29NS/c1-4-7-8-9-10-11-17-25-21-16-15-19(5-2)18-23(21)26-24-20(6-3)13-12-14-22(24)25/h5-6,12-16,18H,2-4,7-11,17H2,1H3. The van der Waals surface area contributed by atoms with E-state index in [1.807, 2.05) is 23.9 Å². The van der Waals surface area contributed by atoms with Crippen LogP contribution in [0.25, 0.3) is 12.2 Å². The molecular weight excluding hydrogens is 334 g/mol. The molecule has 26 heavy (non-hydrogen) atoms. The molecule has 3 rings (SSSR count). The summed E-state index contributed by atoms with van der Waals surface area (Å²) >= 11 is 1.86. The molecule has 1 aliphatic heterocycles. The SMILES string of the molecule is C=Cc1ccc2c(c1)Sc1c(C=C)cccc1N2CCCCCCCC. The average Bonchev–Trinajstić information content (AvgIpc) is 2.68. The Hall–Kier alpha value is -1.93. The summed E-state index contributed by atoms with van der Waals surface area (Å²) < 4.78 is 0. The maximum atomic E-state index is 4.01. The smallest absolute Gasteiger partial charge is 0.0558 e. The van der Waals surface area contributed by atoms with Gasteiger partial charge in [0.15, 0.2) is 0 Å². The van der Waals surface area contributed by atoms with Crippen LogP contribution in [0.15, 0.2) is 59.3 Å². The van der Waals surface area contributed by atoms with Gasteiger partial charge in [0.05, 0.1) is 11.4 Å². The molecule has 0 amide bonds. The van der Waals surface area contributed by atoms with Crippen molar-refractivity contribution in [2.24, 2.45) is 0 Å². The summed E-state index contributed by atoms with van der Waals surface area (Å²) in [5.74, 6) is 0. The number of rotatable bonds is 9. The van der Waals surface area contributed by atoms with E-state index in [0.717, 1.165) is 6.54 Å². The Bertz CT molecular complexity index is 778. The molecule has 2 aromatic carbocycles. The number of benzene rings is 2. The van der Waals surface area contributed by atoms with Gasteiger partial charge in [-0.1, -0.05) is 94.3 Å². The molecule has 1 heterocycles. The lowest BCUT2D eigenvalue weighted by molar-refractivity contribution is 0.608. The summed E-state index contributed by atoms with van der Waals surface area (Å²) in [4.78, 5) is 5.14. The van der Waals surface area contributed by atoms with Gasteiger partial charge in [0.1, 0.15) is 0 Å². The Morgan fingerprint density at radius 1 is 0.923 bits per heavy atom. The van der Waals surface area contributed by atoms with Gasteiger partial charge in [-0.3, -0.25) is 0 Å². The predicted molar refractivity (Wildman–Crippen MR) is 118 cm³/mol. The fraction of sp³-hybridized carbons (Fsp3) is 0.333. The first kappa shape index (κ1) is 18.8. The van der Waals surface area contributed by atoms with Gasteiger partial charge in [0, 0.05) is 16.3 Å². The fourth-order valence-corrected chi connectivity index (χ4v) is 4.77. The molecule has 0 unspecified atom stereocenters. The number of hydrogen-bond acceptors (Lipinski definition) is 2. The van der Waals surface area contributed by atoms with E-state index in [9.17, 15) is 0 Å². The van der Waals surface area contributed by atoms with E-state index < -0.39 is 0 Å². The van der Waals surface area contributed by atoms with Crippen LogP contribution in [0.5, 0.6) is 0 Å². The highest BCUT2D eigenvalue weighted by Crippen LogP contribution is 2.50. The molecule has 0 aromatic heterocycles. The van der Waals surface area contributed by atoms with E-state index in [1.165, 1.54) is 70.8 Å². The van der Waals surface area contributed by atoms with Gasteiger partial charge in [-0.25, -0.2) is 0 Å². The summed E-state index contributed by atoms with van der Waals surface area (Å²) in [6.45, 7) is 11.3. The van der Waals surface area contributed by atoms with Crippen molar-refractivity contribution in [1.29, 1.82) is 0 Å². The number of unbranched alkanes of at least 4 members (excludes halogenated alkanes) is 5. The van der Waals surface area contributed by atoms with E-state index >= 15 is 0 Å². The second kappa shape index (κ2) is 9.14. The van der Waals surface area contributed by atoms with Crippen LogP contribution in [0, 0.1) is 0 Å². The number of hydrogen-bond donors (Lipinski definition) is 0. The van der Waals surface area contributed by atoms with Gasteiger partial charge in [-0.15, -0.1) is 0 Å². The molecule has 0 spiro atoms. The Morgan fingerprint density at radius 3 is 2.50 bits per heavy atom. The summed E-state index contributed by atoms with van der Waals surface area (Å²) in [7, 11) is 0. The molecular formula is C24H29NS. The third-order valence-electron chi connectivity index (χ3n) is 4.99. The molecule has 2 aromatic rings. The zero-order chi connectivity index (χ0) is 18.4. The van der Waals surface area contributed by atoms with Crippen LogP contribution < -0.4 is 4.90 Å². The molecule has 0 bridgehead atoms. The summed E-state index contributed by atoms with van der Waals surface area (Å²) in [6, 6.07) is 13.2. The van der Waals surface area contributed by atoms with Gasteiger partial charge in [0.25, 0.3) is 0 Å². The average molecular weight is 364 g/mol. The van der Waals surface area contributed by atoms with Crippen LogP contribution in [-0.2, 0) is 0 Å². The van der Waals surface area contributed by atoms with E-state index in [0.29, 0.717) is 0 Å². The van der Waals surface area contributed by atoms with Crippen molar-refractivity contribution >= 4 is 35.3 Å².